The number of anilines is 1. The summed E-state index contributed by atoms with van der Waals surface area (Å²) in [4.78, 5) is 60.0. The van der Waals surface area contributed by atoms with E-state index in [4.69, 9.17) is 0 Å². The maximum absolute atomic E-state index is 11.8. The number of ether oxygens (including phenoxy) is 1. The molecule has 1 heterocycles. The molecule has 1 aromatic heterocycles. The summed E-state index contributed by atoms with van der Waals surface area (Å²) < 4.78 is 4.67. The molecule has 0 unspecified atom stereocenters. The lowest BCUT2D eigenvalue weighted by Gasteiger charge is -2.09. The van der Waals surface area contributed by atoms with Gasteiger partial charge >= 0.3 is 11.7 Å². The smallest absolute Gasteiger partial charge is 0.345 e. The Morgan fingerprint density at radius 2 is 2.04 bits per heavy atom. The summed E-state index contributed by atoms with van der Waals surface area (Å²) in [6.07, 6.45) is 0.867. The molecule has 0 bridgehead atoms. The maximum atomic E-state index is 11.8. The van der Waals surface area contributed by atoms with E-state index < -0.39 is 40.2 Å². The van der Waals surface area contributed by atoms with Crippen molar-refractivity contribution in [2.75, 3.05) is 11.9 Å². The summed E-state index contributed by atoms with van der Waals surface area (Å²) in [7, 11) is 0. The summed E-state index contributed by atoms with van der Waals surface area (Å²) in [6, 6.07) is 4.13. The van der Waals surface area contributed by atoms with Crippen LogP contribution in [0, 0.1) is 17.0 Å². The van der Waals surface area contributed by atoms with Gasteiger partial charge in [0, 0.05) is 12.3 Å². The van der Waals surface area contributed by atoms with Crippen molar-refractivity contribution < 1.29 is 19.2 Å². The third kappa shape index (κ3) is 4.16. The van der Waals surface area contributed by atoms with Crippen LogP contribution in [0.15, 0.2) is 34.0 Å². The van der Waals surface area contributed by atoms with Crippen LogP contribution >= 0.6 is 0 Å². The summed E-state index contributed by atoms with van der Waals surface area (Å²) in [5.74, 6) is -1.86. The first kappa shape index (κ1) is 17.6. The number of amides is 1. The van der Waals surface area contributed by atoms with Gasteiger partial charge in [0.1, 0.15) is 5.56 Å². The molecule has 11 heteroatoms. The van der Waals surface area contributed by atoms with E-state index in [0.717, 1.165) is 6.20 Å². The van der Waals surface area contributed by atoms with Gasteiger partial charge in [0.15, 0.2) is 6.61 Å². The fourth-order valence-electron chi connectivity index (χ4n) is 1.91. The van der Waals surface area contributed by atoms with Crippen molar-refractivity contribution in [1.29, 1.82) is 0 Å². The van der Waals surface area contributed by atoms with Crippen LogP contribution in [0.4, 0.5) is 11.4 Å². The molecule has 1 amide bonds. The van der Waals surface area contributed by atoms with Gasteiger partial charge in [-0.15, -0.1) is 0 Å². The number of carbonyl (C=O) groups is 2. The van der Waals surface area contributed by atoms with Crippen LogP contribution in [-0.2, 0) is 9.53 Å². The molecule has 130 valence electrons. The van der Waals surface area contributed by atoms with E-state index >= 15 is 0 Å². The van der Waals surface area contributed by atoms with E-state index in [0.29, 0.717) is 0 Å². The number of aromatic amines is 2. The number of carbonyl (C=O) groups excluding carboxylic acids is 2. The van der Waals surface area contributed by atoms with Gasteiger partial charge < -0.3 is 15.0 Å². The molecule has 0 radical (unpaired) electrons. The molecule has 0 saturated carbocycles. The van der Waals surface area contributed by atoms with Gasteiger partial charge in [-0.2, -0.15) is 0 Å². The van der Waals surface area contributed by atoms with Crippen LogP contribution in [0.5, 0.6) is 0 Å². The lowest BCUT2D eigenvalue weighted by molar-refractivity contribution is -0.385. The average molecular weight is 348 g/mol. The zero-order valence-electron chi connectivity index (χ0n) is 12.8. The molecule has 0 fully saturated rings. The Bertz CT molecular complexity index is 960. The highest BCUT2D eigenvalue weighted by Gasteiger charge is 2.17. The van der Waals surface area contributed by atoms with Crippen molar-refractivity contribution in [3.05, 3.63) is 66.5 Å². The third-order valence-electron chi connectivity index (χ3n) is 3.15. The third-order valence-corrected chi connectivity index (χ3v) is 3.15. The summed E-state index contributed by atoms with van der Waals surface area (Å²) in [6.45, 7) is 0.735. The maximum Gasteiger partial charge on any atom is 0.345 e. The van der Waals surface area contributed by atoms with Gasteiger partial charge in [-0.05, 0) is 13.0 Å². The zero-order chi connectivity index (χ0) is 18.6. The minimum atomic E-state index is -1.11. The number of hydrogen-bond donors (Lipinski definition) is 3. The van der Waals surface area contributed by atoms with Gasteiger partial charge in [-0.25, -0.2) is 9.59 Å². The van der Waals surface area contributed by atoms with Gasteiger partial charge in [0.25, 0.3) is 17.2 Å². The molecule has 3 N–H and O–H groups in total. The number of hydrogen-bond acceptors (Lipinski definition) is 7. The highest BCUT2D eigenvalue weighted by molar-refractivity contribution is 5.96. The van der Waals surface area contributed by atoms with Crippen molar-refractivity contribution in [1.82, 2.24) is 9.97 Å². The topological polar surface area (TPSA) is 164 Å². The number of rotatable bonds is 5. The second-order valence-corrected chi connectivity index (χ2v) is 4.82. The Morgan fingerprint density at radius 3 is 2.68 bits per heavy atom. The Kier molecular flexibility index (Phi) is 5.07. The minimum absolute atomic E-state index is 0.172. The Hall–Kier alpha value is -3.76. The largest absolute Gasteiger partial charge is 0.452 e. The van der Waals surface area contributed by atoms with Crippen LogP contribution < -0.4 is 16.6 Å². The summed E-state index contributed by atoms with van der Waals surface area (Å²) >= 11 is 0. The Labute approximate surface area is 138 Å². The number of esters is 1. The highest BCUT2D eigenvalue weighted by Crippen LogP contribution is 2.24. The van der Waals surface area contributed by atoms with Crippen molar-refractivity contribution >= 4 is 23.3 Å². The zero-order valence-corrected chi connectivity index (χ0v) is 12.8. The monoisotopic (exact) mass is 348 g/mol. The molecule has 2 rings (SSSR count). The molecule has 0 aliphatic rings. The lowest BCUT2D eigenvalue weighted by Crippen LogP contribution is -2.29. The van der Waals surface area contributed by atoms with Crippen LogP contribution in [0.2, 0.25) is 0 Å². The number of nitro benzene ring substituents is 1. The van der Waals surface area contributed by atoms with E-state index in [2.05, 4.69) is 15.0 Å². The first-order chi connectivity index (χ1) is 11.8. The van der Waals surface area contributed by atoms with Crippen molar-refractivity contribution in [2.45, 2.75) is 6.92 Å². The van der Waals surface area contributed by atoms with Crippen LogP contribution in [-0.4, -0.2) is 33.4 Å². The van der Waals surface area contributed by atoms with E-state index in [1.165, 1.54) is 25.1 Å². The Morgan fingerprint density at radius 1 is 1.32 bits per heavy atom. The number of H-pyrrole nitrogens is 2. The molecule has 1 aromatic carbocycles. The van der Waals surface area contributed by atoms with Gasteiger partial charge in [0.05, 0.1) is 16.2 Å². The quantitative estimate of drug-likeness (QED) is 0.391. The summed E-state index contributed by atoms with van der Waals surface area (Å²) in [5, 5.41) is 13.2. The first-order valence-electron chi connectivity index (χ1n) is 6.82. The number of nitro groups is 1. The lowest BCUT2D eigenvalue weighted by atomic mass is 10.1. The van der Waals surface area contributed by atoms with Gasteiger partial charge in [0.2, 0.25) is 0 Å². The predicted molar refractivity (Wildman–Crippen MR) is 84.4 cm³/mol. The van der Waals surface area contributed by atoms with Gasteiger partial charge in [-0.3, -0.25) is 24.7 Å². The van der Waals surface area contributed by atoms with E-state index in [1.54, 1.807) is 0 Å². The van der Waals surface area contributed by atoms with Crippen LogP contribution in [0.25, 0.3) is 0 Å². The van der Waals surface area contributed by atoms with Crippen molar-refractivity contribution in [3.8, 4) is 0 Å². The number of nitrogens with one attached hydrogen (secondary N) is 3. The normalized spacial score (nSPS) is 10.1. The second-order valence-electron chi connectivity index (χ2n) is 4.82. The van der Waals surface area contributed by atoms with Crippen LogP contribution in [0.1, 0.15) is 15.9 Å². The molecule has 0 spiro atoms. The average Bonchev–Trinajstić information content (AvgIpc) is 2.54. The molecule has 11 nitrogen and oxygen atoms in total. The molecule has 25 heavy (non-hydrogen) atoms. The van der Waals surface area contributed by atoms with E-state index in [-0.39, 0.29) is 16.9 Å². The van der Waals surface area contributed by atoms with Crippen molar-refractivity contribution in [2.24, 2.45) is 0 Å². The minimum Gasteiger partial charge on any atom is -0.452 e. The molecule has 0 aliphatic carbocycles. The van der Waals surface area contributed by atoms with Crippen LogP contribution in [0.3, 0.4) is 0 Å². The standard InChI is InChI=1S/C14H12N4O7/c1-7-9(3-2-4-10(7)18(23)24)16-11(19)6-25-13(21)8-5-15-14(22)17-12(8)20/h2-5H,6H2,1H3,(H,16,19)(H2,15,17,20,22). The predicted octanol–water partition coefficient (Wildman–Crippen LogP) is 0.0753. The molecule has 0 saturated heterocycles. The first-order valence-corrected chi connectivity index (χ1v) is 6.82. The fraction of sp³-hybridized carbons (Fsp3) is 0.143. The molecule has 2 aromatic rings. The van der Waals surface area contributed by atoms with E-state index in [1.807, 2.05) is 4.98 Å². The number of benzene rings is 1. The summed E-state index contributed by atoms with van der Waals surface area (Å²) in [5.41, 5.74) is -1.96. The fourth-order valence-corrected chi connectivity index (χ4v) is 1.91. The number of aromatic nitrogens is 2. The second kappa shape index (κ2) is 7.21. The van der Waals surface area contributed by atoms with E-state index in [9.17, 15) is 29.3 Å². The SMILES string of the molecule is Cc1c(NC(=O)COC(=O)c2c[nH]c(=O)[nH]c2=O)cccc1[N+](=O)[O-]. The molecule has 0 aliphatic heterocycles. The highest BCUT2D eigenvalue weighted by atomic mass is 16.6. The van der Waals surface area contributed by atoms with Crippen molar-refractivity contribution in [3.63, 3.8) is 0 Å². The molecular weight excluding hydrogens is 336 g/mol. The number of nitrogens with zero attached hydrogens (tertiary/aromatic N) is 1. The molecule has 0 atom stereocenters. The van der Waals surface area contributed by atoms with Gasteiger partial charge in [-0.1, -0.05) is 6.07 Å². The molecular formula is C14H12N4O7. The Balaban J connectivity index is 2.03.